The van der Waals surface area contributed by atoms with Gasteiger partial charge in [-0.25, -0.2) is 8.78 Å². The number of hydrogen-bond acceptors (Lipinski definition) is 3. The summed E-state index contributed by atoms with van der Waals surface area (Å²) in [6, 6.07) is 8.45. The van der Waals surface area contributed by atoms with Crippen molar-refractivity contribution in [3.8, 4) is 0 Å². The summed E-state index contributed by atoms with van der Waals surface area (Å²) in [6.07, 6.45) is 0.351. The molecule has 0 bridgehead atoms. The first-order valence-electron chi connectivity index (χ1n) is 7.33. The molecule has 0 spiro atoms. The van der Waals surface area contributed by atoms with Gasteiger partial charge in [-0.05, 0) is 30.7 Å². The van der Waals surface area contributed by atoms with Gasteiger partial charge >= 0.3 is 0 Å². The molecule has 0 saturated carbocycles. The molecule has 2 aromatic carbocycles. The highest BCUT2D eigenvalue weighted by Gasteiger charge is 2.18. The van der Waals surface area contributed by atoms with Gasteiger partial charge in [-0.15, -0.1) is 0 Å². The fourth-order valence-electron chi connectivity index (χ4n) is 2.34. The summed E-state index contributed by atoms with van der Waals surface area (Å²) in [6.45, 7) is 1.21. The molecule has 0 radical (unpaired) electrons. The van der Waals surface area contributed by atoms with Gasteiger partial charge in [-0.3, -0.25) is 4.79 Å². The highest BCUT2D eigenvalue weighted by molar-refractivity contribution is 6.34. The Hall–Kier alpha value is -2.02. The third-order valence-corrected chi connectivity index (χ3v) is 3.81. The smallest absolute Gasteiger partial charge is 0.257 e. The largest absolute Gasteiger partial charge is 0.348 e. The number of halogens is 3. The van der Waals surface area contributed by atoms with E-state index in [1.165, 1.54) is 0 Å². The summed E-state index contributed by atoms with van der Waals surface area (Å²) in [5, 5.41) is 2.44. The Morgan fingerprint density at radius 3 is 2.58 bits per heavy atom. The monoisotopic (exact) mass is 353 g/mol. The highest BCUT2D eigenvalue weighted by atomic mass is 35.5. The van der Waals surface area contributed by atoms with E-state index in [4.69, 9.17) is 21.1 Å². The summed E-state index contributed by atoms with van der Waals surface area (Å²) >= 11 is 5.81. The van der Waals surface area contributed by atoms with Crippen LogP contribution in [0, 0.1) is 11.6 Å². The number of anilines is 1. The molecule has 1 amide bonds. The molecule has 1 fully saturated rings. The second kappa shape index (κ2) is 7.25. The zero-order valence-corrected chi connectivity index (χ0v) is 13.3. The zero-order valence-electron chi connectivity index (χ0n) is 12.5. The first-order chi connectivity index (χ1) is 11.5. The molecule has 1 aliphatic heterocycles. The fourth-order valence-corrected chi connectivity index (χ4v) is 2.57. The number of rotatable bonds is 3. The van der Waals surface area contributed by atoms with Crippen molar-refractivity contribution in [3.63, 3.8) is 0 Å². The van der Waals surface area contributed by atoms with Crippen LogP contribution >= 0.6 is 11.6 Å². The lowest BCUT2D eigenvalue weighted by Crippen LogP contribution is -2.18. The fraction of sp³-hybridized carbons (Fsp3) is 0.235. The molecule has 1 aliphatic rings. The molecular formula is C17H14ClF2NO3. The third-order valence-electron chi connectivity index (χ3n) is 3.50. The number of ether oxygens (including phenoxy) is 2. The molecule has 3 rings (SSSR count). The second-order valence-corrected chi connectivity index (χ2v) is 5.66. The van der Waals surface area contributed by atoms with E-state index in [0.717, 1.165) is 24.1 Å². The van der Waals surface area contributed by atoms with Crippen molar-refractivity contribution in [2.45, 2.75) is 12.7 Å². The lowest BCUT2D eigenvalue weighted by atomic mass is 10.1. The Morgan fingerprint density at radius 1 is 1.12 bits per heavy atom. The first kappa shape index (κ1) is 16.8. The van der Waals surface area contributed by atoms with E-state index in [9.17, 15) is 13.6 Å². The molecule has 0 aliphatic carbocycles. The summed E-state index contributed by atoms with van der Waals surface area (Å²) in [7, 11) is 0. The van der Waals surface area contributed by atoms with E-state index in [-0.39, 0.29) is 10.6 Å². The Kier molecular flexibility index (Phi) is 5.08. The van der Waals surface area contributed by atoms with Crippen LogP contribution in [-0.4, -0.2) is 19.1 Å². The summed E-state index contributed by atoms with van der Waals surface area (Å²) in [4.78, 5) is 12.2. The Bertz CT molecular complexity index is 763. The van der Waals surface area contributed by atoms with Crippen LogP contribution in [0.5, 0.6) is 0 Å². The van der Waals surface area contributed by atoms with Crippen LogP contribution in [0.3, 0.4) is 0 Å². The standard InChI is InChI=1S/C17H14ClF2NO3/c18-13-9-15(20)14(19)8-12(13)16(22)21-11-4-1-3-10(7-11)17-23-5-2-6-24-17/h1,3-4,7-9,17H,2,5-6H2,(H,21,22). The van der Waals surface area contributed by atoms with Crippen LogP contribution in [0.25, 0.3) is 0 Å². The van der Waals surface area contributed by atoms with Crippen LogP contribution in [0.1, 0.15) is 28.6 Å². The van der Waals surface area contributed by atoms with Crippen molar-refractivity contribution in [1.29, 1.82) is 0 Å². The molecular weight excluding hydrogens is 340 g/mol. The van der Waals surface area contributed by atoms with Gasteiger partial charge in [0.15, 0.2) is 17.9 Å². The molecule has 24 heavy (non-hydrogen) atoms. The normalized spacial score (nSPS) is 15.3. The minimum Gasteiger partial charge on any atom is -0.348 e. The van der Waals surface area contributed by atoms with Crippen LogP contribution in [0.4, 0.5) is 14.5 Å². The van der Waals surface area contributed by atoms with Crippen molar-refractivity contribution in [2.75, 3.05) is 18.5 Å². The summed E-state index contributed by atoms with van der Waals surface area (Å²) in [5.41, 5.74) is 1.08. The molecule has 0 unspecified atom stereocenters. The first-order valence-corrected chi connectivity index (χ1v) is 7.71. The predicted octanol–water partition coefficient (Wildman–Crippen LogP) is 4.31. The van der Waals surface area contributed by atoms with Crippen LogP contribution < -0.4 is 5.32 Å². The molecule has 4 nitrogen and oxygen atoms in total. The molecule has 1 N–H and O–H groups in total. The van der Waals surface area contributed by atoms with Gasteiger partial charge in [-0.1, -0.05) is 23.7 Å². The number of carbonyl (C=O) groups is 1. The average Bonchev–Trinajstić information content (AvgIpc) is 2.59. The van der Waals surface area contributed by atoms with Gasteiger partial charge in [0, 0.05) is 11.3 Å². The maximum absolute atomic E-state index is 13.3. The van der Waals surface area contributed by atoms with Crippen molar-refractivity contribution in [2.24, 2.45) is 0 Å². The van der Waals surface area contributed by atoms with Crippen molar-refractivity contribution in [1.82, 2.24) is 0 Å². The van der Waals surface area contributed by atoms with Gasteiger partial charge < -0.3 is 14.8 Å². The number of benzene rings is 2. The van der Waals surface area contributed by atoms with Crippen molar-refractivity contribution >= 4 is 23.2 Å². The van der Waals surface area contributed by atoms with Crippen molar-refractivity contribution < 1.29 is 23.0 Å². The Labute approximate surface area is 142 Å². The zero-order chi connectivity index (χ0) is 17.1. The van der Waals surface area contributed by atoms with Crippen LogP contribution in [0.2, 0.25) is 5.02 Å². The molecule has 1 saturated heterocycles. The van der Waals surface area contributed by atoms with Gasteiger partial charge in [0.05, 0.1) is 23.8 Å². The van der Waals surface area contributed by atoms with Gasteiger partial charge in [-0.2, -0.15) is 0 Å². The number of amides is 1. The second-order valence-electron chi connectivity index (χ2n) is 5.25. The number of carbonyl (C=O) groups excluding carboxylic acids is 1. The van der Waals surface area contributed by atoms with E-state index in [1.807, 2.05) is 6.07 Å². The van der Waals surface area contributed by atoms with Gasteiger partial charge in [0.1, 0.15) is 0 Å². The van der Waals surface area contributed by atoms with Crippen LogP contribution in [-0.2, 0) is 9.47 Å². The third kappa shape index (κ3) is 3.72. The lowest BCUT2D eigenvalue weighted by molar-refractivity contribution is -0.183. The number of nitrogens with one attached hydrogen (secondary N) is 1. The molecule has 7 heteroatoms. The number of hydrogen-bond donors (Lipinski definition) is 1. The Balaban J connectivity index is 1.78. The minimum atomic E-state index is -1.14. The molecule has 1 heterocycles. The van der Waals surface area contributed by atoms with Crippen LogP contribution in [0.15, 0.2) is 36.4 Å². The quantitative estimate of drug-likeness (QED) is 0.837. The van der Waals surface area contributed by atoms with E-state index in [2.05, 4.69) is 5.32 Å². The SMILES string of the molecule is O=C(Nc1cccc(C2OCCCO2)c1)c1cc(F)c(F)cc1Cl. The maximum atomic E-state index is 13.3. The topological polar surface area (TPSA) is 47.6 Å². The maximum Gasteiger partial charge on any atom is 0.257 e. The van der Waals surface area contributed by atoms with E-state index < -0.39 is 23.8 Å². The Morgan fingerprint density at radius 2 is 1.83 bits per heavy atom. The summed E-state index contributed by atoms with van der Waals surface area (Å²) < 4.78 is 37.4. The molecule has 0 aromatic heterocycles. The van der Waals surface area contributed by atoms with E-state index in [0.29, 0.717) is 18.9 Å². The molecule has 0 atom stereocenters. The van der Waals surface area contributed by atoms with Gasteiger partial charge in [0.2, 0.25) is 0 Å². The van der Waals surface area contributed by atoms with E-state index in [1.54, 1.807) is 18.2 Å². The predicted molar refractivity (Wildman–Crippen MR) is 85.0 cm³/mol. The minimum absolute atomic E-state index is 0.147. The van der Waals surface area contributed by atoms with E-state index >= 15 is 0 Å². The average molecular weight is 354 g/mol. The van der Waals surface area contributed by atoms with Gasteiger partial charge in [0.25, 0.3) is 5.91 Å². The summed E-state index contributed by atoms with van der Waals surface area (Å²) in [5.74, 6) is -2.88. The molecule has 126 valence electrons. The molecule has 2 aromatic rings. The highest BCUT2D eigenvalue weighted by Crippen LogP contribution is 2.26. The lowest BCUT2D eigenvalue weighted by Gasteiger charge is -2.23. The van der Waals surface area contributed by atoms with Crippen molar-refractivity contribution in [3.05, 3.63) is 64.2 Å².